The van der Waals surface area contributed by atoms with Crippen LogP contribution in [0.15, 0.2) is 71.3 Å². The highest BCUT2D eigenvalue weighted by Gasteiger charge is 2.28. The Bertz CT molecular complexity index is 1010. The van der Waals surface area contributed by atoms with E-state index in [-0.39, 0.29) is 11.8 Å². The SMILES string of the molecule is CC(C)c1ccc(C(=O)N2CCN(C(=O)c3occc3-c3ccccc3)CC2)cc1. The number of carbonyl (C=O) groups is 2. The van der Waals surface area contributed by atoms with Gasteiger partial charge in [0.15, 0.2) is 5.76 Å². The van der Waals surface area contributed by atoms with E-state index in [1.807, 2.05) is 65.6 Å². The van der Waals surface area contributed by atoms with E-state index in [0.717, 1.165) is 11.1 Å². The third-order valence-electron chi connectivity index (χ3n) is 5.62. The Labute approximate surface area is 176 Å². The van der Waals surface area contributed by atoms with Gasteiger partial charge >= 0.3 is 0 Å². The van der Waals surface area contributed by atoms with E-state index in [2.05, 4.69) is 13.8 Å². The van der Waals surface area contributed by atoms with E-state index in [0.29, 0.717) is 43.4 Å². The van der Waals surface area contributed by atoms with Crippen LogP contribution in [0.4, 0.5) is 0 Å². The lowest BCUT2D eigenvalue weighted by molar-refractivity contribution is 0.0518. The van der Waals surface area contributed by atoms with E-state index >= 15 is 0 Å². The highest BCUT2D eigenvalue weighted by atomic mass is 16.3. The second-order valence-electron chi connectivity index (χ2n) is 7.89. The Balaban J connectivity index is 1.41. The van der Waals surface area contributed by atoms with Crippen LogP contribution in [0.25, 0.3) is 11.1 Å². The first-order chi connectivity index (χ1) is 14.5. The van der Waals surface area contributed by atoms with Crippen molar-refractivity contribution in [3.8, 4) is 11.1 Å². The lowest BCUT2D eigenvalue weighted by Crippen LogP contribution is -2.50. The van der Waals surface area contributed by atoms with E-state index in [9.17, 15) is 9.59 Å². The summed E-state index contributed by atoms with van der Waals surface area (Å²) in [4.78, 5) is 29.4. The molecule has 1 aromatic heterocycles. The molecule has 0 bridgehead atoms. The van der Waals surface area contributed by atoms with Crippen LogP contribution in [0.2, 0.25) is 0 Å². The molecule has 5 heteroatoms. The molecule has 154 valence electrons. The summed E-state index contributed by atoms with van der Waals surface area (Å²) in [5.74, 6) is 0.670. The van der Waals surface area contributed by atoms with Gasteiger partial charge in [-0.15, -0.1) is 0 Å². The number of hydrogen-bond donors (Lipinski definition) is 0. The summed E-state index contributed by atoms with van der Waals surface area (Å²) in [6.07, 6.45) is 1.55. The van der Waals surface area contributed by atoms with Crippen molar-refractivity contribution in [3.63, 3.8) is 0 Å². The summed E-state index contributed by atoms with van der Waals surface area (Å²) in [6.45, 7) is 6.27. The first-order valence-corrected chi connectivity index (χ1v) is 10.4. The first-order valence-electron chi connectivity index (χ1n) is 10.4. The van der Waals surface area contributed by atoms with Crippen LogP contribution in [-0.4, -0.2) is 47.8 Å². The van der Waals surface area contributed by atoms with Crippen molar-refractivity contribution in [2.75, 3.05) is 26.2 Å². The molecule has 0 saturated carbocycles. The van der Waals surface area contributed by atoms with E-state index < -0.39 is 0 Å². The maximum Gasteiger partial charge on any atom is 0.290 e. The molecular weight excluding hydrogens is 376 g/mol. The van der Waals surface area contributed by atoms with Gasteiger partial charge in [0.25, 0.3) is 11.8 Å². The lowest BCUT2D eigenvalue weighted by atomic mass is 10.0. The molecule has 4 rings (SSSR count). The molecule has 1 fully saturated rings. The molecule has 0 N–H and O–H groups in total. The fourth-order valence-corrected chi connectivity index (χ4v) is 3.77. The van der Waals surface area contributed by atoms with E-state index in [1.165, 1.54) is 5.56 Å². The molecule has 0 spiro atoms. The standard InChI is InChI=1S/C25H26N2O3/c1-18(2)19-8-10-21(11-9-19)24(28)26-13-15-27(16-14-26)25(29)23-22(12-17-30-23)20-6-4-3-5-7-20/h3-12,17-18H,13-16H2,1-2H3. The van der Waals surface area contributed by atoms with Gasteiger partial charge in [-0.1, -0.05) is 56.3 Å². The quantitative estimate of drug-likeness (QED) is 0.637. The summed E-state index contributed by atoms with van der Waals surface area (Å²) in [7, 11) is 0. The third kappa shape index (κ3) is 4.01. The molecule has 1 saturated heterocycles. The Kier molecular flexibility index (Phi) is 5.70. The maximum atomic E-state index is 13.0. The number of benzene rings is 2. The van der Waals surface area contributed by atoms with Crippen molar-refractivity contribution in [1.82, 2.24) is 9.80 Å². The number of carbonyl (C=O) groups excluding carboxylic acids is 2. The van der Waals surface area contributed by atoms with Gasteiger partial charge in [-0.05, 0) is 35.2 Å². The molecule has 0 radical (unpaired) electrons. The van der Waals surface area contributed by atoms with Crippen molar-refractivity contribution in [1.29, 1.82) is 0 Å². The molecule has 2 amide bonds. The zero-order valence-corrected chi connectivity index (χ0v) is 17.4. The highest BCUT2D eigenvalue weighted by molar-refractivity contribution is 5.98. The number of hydrogen-bond acceptors (Lipinski definition) is 3. The smallest absolute Gasteiger partial charge is 0.290 e. The van der Waals surface area contributed by atoms with Gasteiger partial charge in [-0.3, -0.25) is 9.59 Å². The zero-order chi connectivity index (χ0) is 21.1. The Morgan fingerprint density at radius 1 is 0.800 bits per heavy atom. The van der Waals surface area contributed by atoms with Gasteiger partial charge in [0.2, 0.25) is 0 Å². The molecule has 1 aliphatic rings. The second-order valence-corrected chi connectivity index (χ2v) is 7.89. The first kappa shape index (κ1) is 20.0. The number of rotatable bonds is 4. The van der Waals surface area contributed by atoms with Crippen molar-refractivity contribution in [2.24, 2.45) is 0 Å². The molecule has 5 nitrogen and oxygen atoms in total. The minimum absolute atomic E-state index is 0.0142. The van der Waals surface area contributed by atoms with E-state index in [4.69, 9.17) is 4.42 Å². The molecule has 2 heterocycles. The lowest BCUT2D eigenvalue weighted by Gasteiger charge is -2.34. The maximum absolute atomic E-state index is 13.0. The fraction of sp³-hybridized carbons (Fsp3) is 0.280. The minimum Gasteiger partial charge on any atom is -0.459 e. The van der Waals surface area contributed by atoms with Crippen LogP contribution >= 0.6 is 0 Å². The number of piperazine rings is 1. The molecule has 1 aliphatic heterocycles. The number of furan rings is 1. The summed E-state index contributed by atoms with van der Waals surface area (Å²) in [5, 5.41) is 0. The van der Waals surface area contributed by atoms with Gasteiger partial charge in [0, 0.05) is 37.3 Å². The predicted molar refractivity (Wildman–Crippen MR) is 116 cm³/mol. The highest BCUT2D eigenvalue weighted by Crippen LogP contribution is 2.26. The van der Waals surface area contributed by atoms with Gasteiger partial charge in [-0.2, -0.15) is 0 Å². The fourth-order valence-electron chi connectivity index (χ4n) is 3.77. The van der Waals surface area contributed by atoms with Gasteiger partial charge in [-0.25, -0.2) is 0 Å². The Morgan fingerprint density at radius 3 is 2.00 bits per heavy atom. The number of nitrogens with zero attached hydrogens (tertiary/aromatic N) is 2. The van der Waals surface area contributed by atoms with Crippen molar-refractivity contribution >= 4 is 11.8 Å². The van der Waals surface area contributed by atoms with Crippen LogP contribution in [0, 0.1) is 0 Å². The summed E-state index contributed by atoms with van der Waals surface area (Å²) >= 11 is 0. The van der Waals surface area contributed by atoms with E-state index in [1.54, 1.807) is 11.2 Å². The van der Waals surface area contributed by atoms with Crippen LogP contribution in [0.5, 0.6) is 0 Å². The molecule has 2 aromatic carbocycles. The average molecular weight is 402 g/mol. The van der Waals surface area contributed by atoms with Crippen molar-refractivity contribution in [3.05, 3.63) is 83.8 Å². The monoisotopic (exact) mass is 402 g/mol. The normalized spacial score (nSPS) is 14.2. The largest absolute Gasteiger partial charge is 0.459 e. The van der Waals surface area contributed by atoms with Crippen LogP contribution < -0.4 is 0 Å². The summed E-state index contributed by atoms with van der Waals surface area (Å²) in [6, 6.07) is 19.4. The molecule has 3 aromatic rings. The van der Waals surface area contributed by atoms with Crippen LogP contribution in [-0.2, 0) is 0 Å². The molecule has 30 heavy (non-hydrogen) atoms. The van der Waals surface area contributed by atoms with Gasteiger partial charge in [0.1, 0.15) is 0 Å². The number of amides is 2. The van der Waals surface area contributed by atoms with Crippen molar-refractivity contribution < 1.29 is 14.0 Å². The van der Waals surface area contributed by atoms with Crippen LogP contribution in [0.1, 0.15) is 46.2 Å². The van der Waals surface area contributed by atoms with Gasteiger partial charge < -0.3 is 14.2 Å². The van der Waals surface area contributed by atoms with Crippen molar-refractivity contribution in [2.45, 2.75) is 19.8 Å². The Hall–Kier alpha value is -3.34. The third-order valence-corrected chi connectivity index (χ3v) is 5.62. The van der Waals surface area contributed by atoms with Crippen LogP contribution in [0.3, 0.4) is 0 Å². The zero-order valence-electron chi connectivity index (χ0n) is 17.4. The molecule has 0 aliphatic carbocycles. The topological polar surface area (TPSA) is 53.8 Å². The minimum atomic E-state index is -0.132. The molecule has 0 atom stereocenters. The average Bonchev–Trinajstić information content (AvgIpc) is 3.29. The summed E-state index contributed by atoms with van der Waals surface area (Å²) < 4.78 is 5.54. The predicted octanol–water partition coefficient (Wildman–Crippen LogP) is 4.67. The second kappa shape index (κ2) is 8.57. The Morgan fingerprint density at radius 2 is 1.40 bits per heavy atom. The molecular formula is C25H26N2O3. The molecule has 0 unspecified atom stereocenters. The summed E-state index contributed by atoms with van der Waals surface area (Å²) in [5.41, 5.74) is 3.66. The van der Waals surface area contributed by atoms with Gasteiger partial charge in [0.05, 0.1) is 6.26 Å².